The highest BCUT2D eigenvalue weighted by Crippen LogP contribution is 2.48. The maximum Gasteiger partial charge on any atom is 0.336 e. The van der Waals surface area contributed by atoms with Crippen molar-refractivity contribution in [2.45, 2.75) is 39.5 Å². The quantitative estimate of drug-likeness (QED) is 0.523. The molecule has 0 spiro atoms. The number of fused-ring (bicyclic) bond motifs is 1. The minimum absolute atomic E-state index is 0.0404. The number of carbonyl (C=O) groups excluding carboxylic acids is 2. The summed E-state index contributed by atoms with van der Waals surface area (Å²) in [5, 5.41) is 0.443. The zero-order valence-electron chi connectivity index (χ0n) is 17.6. The number of esters is 1. The van der Waals surface area contributed by atoms with Crippen LogP contribution < -0.4 is 5.73 Å². The molecule has 0 radical (unpaired) electrons. The molecule has 30 heavy (non-hydrogen) atoms. The highest BCUT2D eigenvalue weighted by Gasteiger charge is 2.48. The molecule has 2 aliphatic rings. The molecule has 2 unspecified atom stereocenters. The van der Waals surface area contributed by atoms with Gasteiger partial charge >= 0.3 is 5.97 Å². The van der Waals surface area contributed by atoms with Crippen molar-refractivity contribution in [1.29, 1.82) is 0 Å². The number of hydrogen-bond acceptors (Lipinski definition) is 7. The van der Waals surface area contributed by atoms with Crippen LogP contribution in [0.5, 0.6) is 0 Å². The van der Waals surface area contributed by atoms with Gasteiger partial charge in [-0.05, 0) is 30.4 Å². The van der Waals surface area contributed by atoms with Crippen molar-refractivity contribution >= 4 is 29.1 Å². The fourth-order valence-electron chi connectivity index (χ4n) is 4.27. The predicted octanol–water partition coefficient (Wildman–Crippen LogP) is 3.07. The van der Waals surface area contributed by atoms with E-state index in [0.717, 1.165) is 5.71 Å². The van der Waals surface area contributed by atoms with Gasteiger partial charge in [0.15, 0.2) is 0 Å². The third-order valence-electron chi connectivity index (χ3n) is 5.38. The number of halogens is 1. The van der Waals surface area contributed by atoms with Crippen LogP contribution in [0.25, 0.3) is 0 Å². The first kappa shape index (κ1) is 22.6. The average molecular weight is 434 g/mol. The van der Waals surface area contributed by atoms with E-state index in [0.29, 0.717) is 47.8 Å². The lowest BCUT2D eigenvalue weighted by molar-refractivity contribution is -0.139. The van der Waals surface area contributed by atoms with Crippen LogP contribution in [0.3, 0.4) is 0 Å². The van der Waals surface area contributed by atoms with Crippen molar-refractivity contribution in [3.63, 3.8) is 0 Å². The van der Waals surface area contributed by atoms with E-state index in [1.54, 1.807) is 25.4 Å². The smallest absolute Gasteiger partial charge is 0.336 e. The number of pyridine rings is 1. The van der Waals surface area contributed by atoms with Gasteiger partial charge in [0.2, 0.25) is 0 Å². The van der Waals surface area contributed by atoms with Crippen LogP contribution >= 0.6 is 11.6 Å². The van der Waals surface area contributed by atoms with Gasteiger partial charge < -0.3 is 15.2 Å². The summed E-state index contributed by atoms with van der Waals surface area (Å²) >= 11 is 6.50. The van der Waals surface area contributed by atoms with Crippen LogP contribution in [-0.4, -0.2) is 48.8 Å². The molecule has 1 aliphatic carbocycles. The van der Waals surface area contributed by atoms with E-state index in [4.69, 9.17) is 31.8 Å². The summed E-state index contributed by atoms with van der Waals surface area (Å²) in [7, 11) is 0. The van der Waals surface area contributed by atoms with E-state index in [9.17, 15) is 9.59 Å². The molecule has 162 valence electrons. The summed E-state index contributed by atoms with van der Waals surface area (Å²) in [6.07, 6.45) is 4.24. The first-order chi connectivity index (χ1) is 14.3. The Kier molecular flexibility index (Phi) is 7.06. The Morgan fingerprint density at radius 3 is 2.77 bits per heavy atom. The lowest BCUT2D eigenvalue weighted by atomic mass is 9.63. The molecule has 0 aromatic carbocycles. The Hall–Kier alpha value is -2.09. The number of nitrogens with two attached hydrogens (primary N) is 1. The second kappa shape index (κ2) is 9.37. The molecule has 7 nitrogen and oxygen atoms in total. The normalized spacial score (nSPS) is 23.1. The van der Waals surface area contributed by atoms with Gasteiger partial charge in [-0.2, -0.15) is 0 Å². The van der Waals surface area contributed by atoms with Crippen LogP contribution in [0, 0.1) is 11.3 Å². The van der Waals surface area contributed by atoms with E-state index in [1.165, 1.54) is 0 Å². The summed E-state index contributed by atoms with van der Waals surface area (Å²) in [5.41, 5.74) is 7.48. The Bertz CT molecular complexity index is 894. The van der Waals surface area contributed by atoms with Gasteiger partial charge in [0.25, 0.3) is 0 Å². The molecule has 1 aromatic heterocycles. The largest absolute Gasteiger partial charge is 0.463 e. The SMILES string of the molecule is CCOC(=O)C1=C(COCCN)N=C2CC(C)(C)CC(=O)C2C1c1cnccc1Cl. The number of nitrogens with zero attached hydrogens (tertiary/aromatic N) is 2. The van der Waals surface area contributed by atoms with Crippen LogP contribution in [0.2, 0.25) is 5.02 Å². The molecular weight excluding hydrogens is 406 g/mol. The second-order valence-corrected chi connectivity index (χ2v) is 8.77. The number of aliphatic imine (C=N–C) groups is 1. The average Bonchev–Trinajstić information content (AvgIpc) is 2.66. The van der Waals surface area contributed by atoms with Gasteiger partial charge in [0.05, 0.1) is 37.0 Å². The van der Waals surface area contributed by atoms with E-state index < -0.39 is 17.8 Å². The number of hydrogen-bond donors (Lipinski definition) is 1. The van der Waals surface area contributed by atoms with Crippen LogP contribution in [0.4, 0.5) is 0 Å². The minimum atomic E-state index is -0.613. The van der Waals surface area contributed by atoms with Crippen LogP contribution in [0.15, 0.2) is 34.7 Å². The zero-order valence-corrected chi connectivity index (χ0v) is 18.4. The molecule has 1 fully saturated rings. The molecule has 1 saturated carbocycles. The Morgan fingerprint density at radius 2 is 2.10 bits per heavy atom. The number of aromatic nitrogens is 1. The summed E-state index contributed by atoms with van der Waals surface area (Å²) < 4.78 is 11.0. The maximum atomic E-state index is 13.3. The lowest BCUT2D eigenvalue weighted by Gasteiger charge is -2.41. The van der Waals surface area contributed by atoms with Crippen molar-refractivity contribution in [2.24, 2.45) is 22.1 Å². The Morgan fingerprint density at radius 1 is 1.33 bits per heavy atom. The highest BCUT2D eigenvalue weighted by molar-refractivity contribution is 6.31. The number of Topliss-reactive ketones (excluding diaryl/α,β-unsaturated/α-hetero) is 1. The van der Waals surface area contributed by atoms with Crippen molar-refractivity contribution in [2.75, 3.05) is 26.4 Å². The number of ketones is 1. The van der Waals surface area contributed by atoms with Crippen molar-refractivity contribution in [3.05, 3.63) is 40.3 Å². The monoisotopic (exact) mass is 433 g/mol. The fraction of sp³-hybridized carbons (Fsp3) is 0.545. The first-order valence-electron chi connectivity index (χ1n) is 10.2. The first-order valence-corrected chi connectivity index (χ1v) is 10.5. The molecule has 0 saturated heterocycles. The van der Waals surface area contributed by atoms with Gasteiger partial charge in [0.1, 0.15) is 5.78 Å². The Labute approximate surface area is 181 Å². The fourth-order valence-corrected chi connectivity index (χ4v) is 4.49. The van der Waals surface area contributed by atoms with E-state index >= 15 is 0 Å². The topological polar surface area (TPSA) is 104 Å². The molecule has 1 aromatic rings. The highest BCUT2D eigenvalue weighted by atomic mass is 35.5. The second-order valence-electron chi connectivity index (χ2n) is 8.36. The van der Waals surface area contributed by atoms with Crippen molar-refractivity contribution in [3.8, 4) is 0 Å². The lowest BCUT2D eigenvalue weighted by Crippen LogP contribution is -2.44. The summed E-state index contributed by atoms with van der Waals surface area (Å²) in [5.74, 6) is -1.66. The molecule has 2 atom stereocenters. The van der Waals surface area contributed by atoms with Gasteiger partial charge in [-0.25, -0.2) is 4.79 Å². The van der Waals surface area contributed by atoms with Gasteiger partial charge in [-0.1, -0.05) is 25.4 Å². The zero-order chi connectivity index (χ0) is 21.9. The van der Waals surface area contributed by atoms with Gasteiger partial charge in [-0.15, -0.1) is 0 Å². The molecule has 2 heterocycles. The maximum absolute atomic E-state index is 13.3. The predicted molar refractivity (Wildman–Crippen MR) is 114 cm³/mol. The molecule has 3 rings (SSSR count). The van der Waals surface area contributed by atoms with Crippen molar-refractivity contribution in [1.82, 2.24) is 4.98 Å². The number of carbonyl (C=O) groups is 2. The van der Waals surface area contributed by atoms with Gasteiger partial charge in [-0.3, -0.25) is 14.8 Å². The van der Waals surface area contributed by atoms with E-state index in [2.05, 4.69) is 4.98 Å². The van der Waals surface area contributed by atoms with Crippen LogP contribution in [0.1, 0.15) is 45.1 Å². The van der Waals surface area contributed by atoms with E-state index in [1.807, 2.05) is 13.8 Å². The number of ether oxygens (including phenoxy) is 2. The minimum Gasteiger partial charge on any atom is -0.463 e. The molecular formula is C22H28ClN3O4. The van der Waals surface area contributed by atoms with Crippen LogP contribution in [-0.2, 0) is 19.1 Å². The third kappa shape index (κ3) is 4.63. The molecule has 0 amide bonds. The Balaban J connectivity index is 2.20. The molecule has 8 heteroatoms. The summed E-state index contributed by atoms with van der Waals surface area (Å²) in [4.78, 5) is 35.3. The molecule has 0 bridgehead atoms. The molecule has 2 N–H and O–H groups in total. The third-order valence-corrected chi connectivity index (χ3v) is 5.72. The summed E-state index contributed by atoms with van der Waals surface area (Å²) in [6.45, 7) is 6.82. The standard InChI is InChI=1S/C22H28ClN3O4/c1-4-30-21(28)20-16(12-29-8-6-24)26-15-9-22(2,3)10-17(27)19(15)18(20)13-11-25-7-5-14(13)23/h5,7,11,18-19H,4,6,8-10,12,24H2,1-3H3. The number of rotatable bonds is 7. The van der Waals surface area contributed by atoms with Crippen molar-refractivity contribution < 1.29 is 19.1 Å². The van der Waals surface area contributed by atoms with E-state index in [-0.39, 0.29) is 24.4 Å². The molecule has 1 aliphatic heterocycles. The summed E-state index contributed by atoms with van der Waals surface area (Å²) in [6, 6.07) is 1.66. The van der Waals surface area contributed by atoms with Gasteiger partial charge in [0, 0.05) is 42.0 Å².